The molecular weight excluding hydrogens is 448 g/mol. The molecule has 0 spiro atoms. The number of amides is 1. The largest absolute Gasteiger partial charge is 0.494 e. The molecule has 0 fully saturated rings. The van der Waals surface area contributed by atoms with E-state index in [-0.39, 0.29) is 16.8 Å². The Labute approximate surface area is 193 Å². The van der Waals surface area contributed by atoms with Crippen LogP contribution in [0.1, 0.15) is 47.5 Å². The van der Waals surface area contributed by atoms with Crippen molar-refractivity contribution in [3.8, 4) is 5.75 Å². The number of carbonyl (C=O) groups excluding carboxylic acids is 1. The molecule has 1 atom stereocenters. The predicted octanol–water partition coefficient (Wildman–Crippen LogP) is 5.83. The molecule has 6 nitrogen and oxygen atoms in total. The molecule has 0 saturated heterocycles. The van der Waals surface area contributed by atoms with Crippen molar-refractivity contribution in [3.05, 3.63) is 86.2 Å². The number of nitrogens with zero attached hydrogens (tertiary/aromatic N) is 2. The Bertz CT molecular complexity index is 1370. The lowest BCUT2D eigenvalue weighted by molar-refractivity contribution is 0.0971. The second kappa shape index (κ2) is 8.41. The van der Waals surface area contributed by atoms with E-state index >= 15 is 0 Å². The highest BCUT2D eigenvalue weighted by Gasteiger charge is 2.44. The Kier molecular flexibility index (Phi) is 5.45. The van der Waals surface area contributed by atoms with E-state index in [4.69, 9.17) is 20.8 Å². The van der Waals surface area contributed by atoms with Crippen molar-refractivity contribution in [3.63, 3.8) is 0 Å². The maximum atomic E-state index is 13.6. The van der Waals surface area contributed by atoms with Gasteiger partial charge in [-0.15, -0.1) is 11.3 Å². The molecule has 1 aliphatic rings. The third kappa shape index (κ3) is 3.47. The van der Waals surface area contributed by atoms with Crippen molar-refractivity contribution in [2.45, 2.75) is 25.8 Å². The first-order valence-electron chi connectivity index (χ1n) is 10.3. The fraction of sp³-hybridized carbons (Fsp3) is 0.208. The molecule has 2 aromatic carbocycles. The average molecular weight is 467 g/mol. The highest BCUT2D eigenvalue weighted by Crippen LogP contribution is 2.42. The van der Waals surface area contributed by atoms with Crippen molar-refractivity contribution in [2.24, 2.45) is 0 Å². The lowest BCUT2D eigenvalue weighted by Gasteiger charge is -2.23. The molecule has 0 N–H and O–H groups in total. The van der Waals surface area contributed by atoms with Crippen molar-refractivity contribution in [1.82, 2.24) is 4.98 Å². The standard InChI is InChI=1S/C24H19ClN2O4S/c1-2-3-10-30-16-6-4-5-14(12-16)20-19-21(28)17-13-15(25)7-8-18(17)31-22(19)23(29)27(20)24-26-9-11-32-24/h4-9,11-13,20H,2-3,10H2,1H3. The maximum Gasteiger partial charge on any atom is 0.297 e. The van der Waals surface area contributed by atoms with Crippen LogP contribution in [0.3, 0.4) is 0 Å². The molecule has 5 rings (SSSR count). The SMILES string of the molecule is CCCCOc1cccc(C2c3c(oc4ccc(Cl)cc4c3=O)C(=O)N2c2nccs2)c1. The van der Waals surface area contributed by atoms with E-state index in [9.17, 15) is 9.59 Å². The number of fused-ring (bicyclic) bond motifs is 2. The van der Waals surface area contributed by atoms with E-state index < -0.39 is 11.9 Å². The highest BCUT2D eigenvalue weighted by atomic mass is 35.5. The second-order valence-corrected chi connectivity index (χ2v) is 8.79. The van der Waals surface area contributed by atoms with Crippen LogP contribution in [0.4, 0.5) is 5.13 Å². The van der Waals surface area contributed by atoms with E-state index in [1.165, 1.54) is 16.2 Å². The first-order chi connectivity index (χ1) is 15.6. The van der Waals surface area contributed by atoms with Gasteiger partial charge in [0.05, 0.1) is 23.6 Å². The van der Waals surface area contributed by atoms with Gasteiger partial charge in [-0.25, -0.2) is 4.98 Å². The third-order valence-electron chi connectivity index (χ3n) is 5.40. The first-order valence-corrected chi connectivity index (χ1v) is 11.6. The monoisotopic (exact) mass is 466 g/mol. The Morgan fingerprint density at radius 3 is 2.88 bits per heavy atom. The van der Waals surface area contributed by atoms with Gasteiger partial charge < -0.3 is 9.15 Å². The average Bonchev–Trinajstić information content (AvgIpc) is 3.41. The van der Waals surface area contributed by atoms with Crippen molar-refractivity contribution in [1.29, 1.82) is 0 Å². The number of thiazole rings is 1. The van der Waals surface area contributed by atoms with Crippen molar-refractivity contribution in [2.75, 3.05) is 11.5 Å². The zero-order valence-corrected chi connectivity index (χ0v) is 18.8. The summed E-state index contributed by atoms with van der Waals surface area (Å²) in [6, 6.07) is 11.6. The van der Waals surface area contributed by atoms with Gasteiger partial charge in [0, 0.05) is 16.6 Å². The molecular formula is C24H19ClN2O4S. The highest BCUT2D eigenvalue weighted by molar-refractivity contribution is 7.13. The number of halogens is 1. The molecule has 1 unspecified atom stereocenters. The Hall–Kier alpha value is -3.16. The topological polar surface area (TPSA) is 72.6 Å². The Morgan fingerprint density at radius 1 is 1.22 bits per heavy atom. The zero-order chi connectivity index (χ0) is 22.2. The first kappa shape index (κ1) is 20.7. The molecule has 4 aromatic rings. The van der Waals surface area contributed by atoms with Gasteiger partial charge in [0.25, 0.3) is 5.91 Å². The van der Waals surface area contributed by atoms with Gasteiger partial charge in [-0.05, 0) is 42.3 Å². The summed E-state index contributed by atoms with van der Waals surface area (Å²) in [7, 11) is 0. The molecule has 3 heterocycles. The van der Waals surface area contributed by atoms with Crippen LogP contribution in [0.15, 0.2) is 63.3 Å². The summed E-state index contributed by atoms with van der Waals surface area (Å²) in [5, 5.41) is 3.04. The van der Waals surface area contributed by atoms with Crippen LogP contribution in [-0.4, -0.2) is 17.5 Å². The fourth-order valence-corrected chi connectivity index (χ4v) is 4.74. The number of anilines is 1. The van der Waals surface area contributed by atoms with Crippen molar-refractivity contribution >= 4 is 44.9 Å². The van der Waals surface area contributed by atoms with Crippen LogP contribution in [-0.2, 0) is 0 Å². The number of hydrogen-bond acceptors (Lipinski definition) is 6. The molecule has 0 saturated carbocycles. The van der Waals surface area contributed by atoms with Gasteiger partial charge in [0.15, 0.2) is 10.6 Å². The van der Waals surface area contributed by atoms with E-state index in [0.29, 0.717) is 33.5 Å². The lowest BCUT2D eigenvalue weighted by Crippen LogP contribution is -2.29. The molecule has 1 amide bonds. The number of aromatic nitrogens is 1. The molecule has 162 valence electrons. The summed E-state index contributed by atoms with van der Waals surface area (Å²) in [5.41, 5.74) is 1.07. The van der Waals surface area contributed by atoms with E-state index in [2.05, 4.69) is 11.9 Å². The van der Waals surface area contributed by atoms with Crippen LogP contribution in [0.2, 0.25) is 5.02 Å². The smallest absolute Gasteiger partial charge is 0.297 e. The maximum absolute atomic E-state index is 13.6. The number of carbonyl (C=O) groups is 1. The molecule has 0 aliphatic carbocycles. The minimum absolute atomic E-state index is 0.0299. The predicted molar refractivity (Wildman–Crippen MR) is 125 cm³/mol. The van der Waals surface area contributed by atoms with Gasteiger partial charge in [-0.3, -0.25) is 14.5 Å². The van der Waals surface area contributed by atoms with E-state index in [1.807, 2.05) is 24.3 Å². The van der Waals surface area contributed by atoms with Gasteiger partial charge in [0.2, 0.25) is 5.76 Å². The van der Waals surface area contributed by atoms with E-state index in [0.717, 1.165) is 18.4 Å². The number of ether oxygens (including phenoxy) is 1. The van der Waals surface area contributed by atoms with Crippen LogP contribution >= 0.6 is 22.9 Å². The van der Waals surface area contributed by atoms with Gasteiger partial charge in [-0.1, -0.05) is 37.1 Å². The number of benzene rings is 2. The minimum Gasteiger partial charge on any atom is -0.494 e. The summed E-state index contributed by atoms with van der Waals surface area (Å²) in [4.78, 5) is 32.9. The summed E-state index contributed by atoms with van der Waals surface area (Å²) in [6.45, 7) is 2.70. The van der Waals surface area contributed by atoms with Crippen LogP contribution in [0.25, 0.3) is 11.0 Å². The normalized spacial score (nSPS) is 15.4. The molecule has 8 heteroatoms. The summed E-state index contributed by atoms with van der Waals surface area (Å²) < 4.78 is 11.8. The van der Waals surface area contributed by atoms with Crippen LogP contribution in [0, 0.1) is 0 Å². The summed E-state index contributed by atoms with van der Waals surface area (Å²) in [5.74, 6) is 0.317. The second-order valence-electron chi connectivity index (χ2n) is 7.48. The summed E-state index contributed by atoms with van der Waals surface area (Å²) in [6.07, 6.45) is 3.60. The molecule has 0 bridgehead atoms. The van der Waals surface area contributed by atoms with E-state index in [1.54, 1.807) is 29.8 Å². The van der Waals surface area contributed by atoms with Crippen LogP contribution in [0.5, 0.6) is 5.75 Å². The Balaban J connectivity index is 1.71. The number of rotatable bonds is 6. The molecule has 32 heavy (non-hydrogen) atoms. The quantitative estimate of drug-likeness (QED) is 0.334. The zero-order valence-electron chi connectivity index (χ0n) is 17.2. The molecule has 1 aliphatic heterocycles. The van der Waals surface area contributed by atoms with Crippen LogP contribution < -0.4 is 15.1 Å². The van der Waals surface area contributed by atoms with Gasteiger partial charge >= 0.3 is 0 Å². The number of unbranched alkanes of at least 4 members (excludes halogenated alkanes) is 1. The molecule has 0 radical (unpaired) electrons. The van der Waals surface area contributed by atoms with Gasteiger partial charge in [-0.2, -0.15) is 0 Å². The third-order valence-corrected chi connectivity index (χ3v) is 6.40. The summed E-state index contributed by atoms with van der Waals surface area (Å²) >= 11 is 7.46. The minimum atomic E-state index is -0.682. The van der Waals surface area contributed by atoms with Crippen molar-refractivity contribution < 1.29 is 13.9 Å². The molecule has 2 aromatic heterocycles. The lowest BCUT2D eigenvalue weighted by atomic mass is 9.98. The van der Waals surface area contributed by atoms with Gasteiger partial charge in [0.1, 0.15) is 11.3 Å². The fourth-order valence-electron chi connectivity index (χ4n) is 3.90. The number of hydrogen-bond donors (Lipinski definition) is 0. The Morgan fingerprint density at radius 2 is 2.09 bits per heavy atom.